The molecule has 5 nitrogen and oxygen atoms in total. The number of nitrogens with one attached hydrogen (secondary N) is 1. The molecule has 1 fully saturated rings. The van der Waals surface area contributed by atoms with Gasteiger partial charge in [-0.05, 0) is 54.0 Å². The second kappa shape index (κ2) is 8.81. The first kappa shape index (κ1) is 18.4. The van der Waals surface area contributed by atoms with Gasteiger partial charge in [-0.1, -0.05) is 36.4 Å². The van der Waals surface area contributed by atoms with Crippen LogP contribution in [-0.2, 0) is 14.3 Å². The number of carboxylic acid groups (broad SMARTS) is 1. The molecule has 1 saturated heterocycles. The third kappa shape index (κ3) is 4.82. The summed E-state index contributed by atoms with van der Waals surface area (Å²) >= 11 is 0. The fourth-order valence-electron chi connectivity index (χ4n) is 3.49. The third-order valence-electron chi connectivity index (χ3n) is 5.02. The number of carbonyl (C=O) groups is 2. The maximum atomic E-state index is 12.2. The van der Waals surface area contributed by atoms with Gasteiger partial charge in [0.2, 0.25) is 5.91 Å². The Morgan fingerprint density at radius 1 is 1.12 bits per heavy atom. The molecule has 5 heteroatoms. The second-order valence-corrected chi connectivity index (χ2v) is 6.89. The van der Waals surface area contributed by atoms with E-state index in [2.05, 4.69) is 5.32 Å². The van der Waals surface area contributed by atoms with Crippen molar-refractivity contribution in [1.82, 2.24) is 5.32 Å². The summed E-state index contributed by atoms with van der Waals surface area (Å²) in [6.45, 7) is 1.61. The minimum Gasteiger partial charge on any atom is -0.479 e. The van der Waals surface area contributed by atoms with Crippen LogP contribution in [0.15, 0.2) is 42.5 Å². The first-order chi connectivity index (χ1) is 12.6. The predicted molar refractivity (Wildman–Crippen MR) is 99.9 cm³/mol. The number of benzene rings is 2. The lowest BCUT2D eigenvalue weighted by Crippen LogP contribution is -2.33. The number of fused-ring (bicyclic) bond motifs is 1. The van der Waals surface area contributed by atoms with E-state index in [0.29, 0.717) is 17.9 Å². The molecule has 1 aliphatic rings. The standard InChI is InChI=1S/C21H25NO4/c23-19(7-3-4-15-10-12-26-13-11-15)22-20(21(24)25)18-9-8-16-5-1-2-6-17(16)14-18/h1-2,5-6,8-9,14-15,20H,3-4,7,10-13H2,(H,22,23)(H,24,25). The Morgan fingerprint density at radius 3 is 2.58 bits per heavy atom. The average molecular weight is 355 g/mol. The van der Waals surface area contributed by atoms with Gasteiger partial charge in [-0.15, -0.1) is 0 Å². The van der Waals surface area contributed by atoms with Gasteiger partial charge in [-0.25, -0.2) is 4.79 Å². The van der Waals surface area contributed by atoms with Crippen molar-refractivity contribution in [2.45, 2.75) is 38.1 Å². The molecule has 1 unspecified atom stereocenters. The molecule has 138 valence electrons. The van der Waals surface area contributed by atoms with Gasteiger partial charge in [0, 0.05) is 19.6 Å². The van der Waals surface area contributed by atoms with Crippen molar-refractivity contribution in [1.29, 1.82) is 0 Å². The Bertz CT molecular complexity index is 767. The van der Waals surface area contributed by atoms with Crippen molar-refractivity contribution in [3.63, 3.8) is 0 Å². The van der Waals surface area contributed by atoms with Gasteiger partial charge >= 0.3 is 5.97 Å². The monoisotopic (exact) mass is 355 g/mol. The number of rotatable bonds is 7. The van der Waals surface area contributed by atoms with Crippen LogP contribution in [0.4, 0.5) is 0 Å². The number of ether oxygens (including phenoxy) is 1. The smallest absolute Gasteiger partial charge is 0.330 e. The molecule has 2 N–H and O–H groups in total. The van der Waals surface area contributed by atoms with Gasteiger partial charge in [0.05, 0.1) is 0 Å². The molecule has 0 bridgehead atoms. The zero-order valence-corrected chi connectivity index (χ0v) is 14.8. The lowest BCUT2D eigenvalue weighted by molar-refractivity contribution is -0.142. The number of hydrogen-bond acceptors (Lipinski definition) is 3. The second-order valence-electron chi connectivity index (χ2n) is 6.89. The van der Waals surface area contributed by atoms with E-state index in [0.717, 1.165) is 49.7 Å². The Kier molecular flexibility index (Phi) is 6.23. The fraction of sp³-hybridized carbons (Fsp3) is 0.429. The Balaban J connectivity index is 1.58. The molecule has 1 atom stereocenters. The lowest BCUT2D eigenvalue weighted by Gasteiger charge is -2.21. The zero-order valence-electron chi connectivity index (χ0n) is 14.8. The van der Waals surface area contributed by atoms with Gasteiger partial charge in [-0.2, -0.15) is 0 Å². The minimum atomic E-state index is -1.04. The number of hydrogen-bond donors (Lipinski definition) is 2. The molecule has 1 aliphatic heterocycles. The van der Waals surface area contributed by atoms with E-state index in [4.69, 9.17) is 4.74 Å². The molecular weight excluding hydrogens is 330 g/mol. The molecule has 2 aromatic rings. The van der Waals surface area contributed by atoms with Crippen molar-refractivity contribution < 1.29 is 19.4 Å². The number of aliphatic carboxylic acids is 1. The van der Waals surface area contributed by atoms with Crippen molar-refractivity contribution in [2.24, 2.45) is 5.92 Å². The molecule has 2 aromatic carbocycles. The van der Waals surface area contributed by atoms with Crippen LogP contribution in [-0.4, -0.2) is 30.2 Å². The maximum Gasteiger partial charge on any atom is 0.330 e. The maximum absolute atomic E-state index is 12.2. The molecule has 0 saturated carbocycles. The molecule has 0 aliphatic carbocycles. The molecule has 0 aromatic heterocycles. The summed E-state index contributed by atoms with van der Waals surface area (Å²) in [4.78, 5) is 23.9. The van der Waals surface area contributed by atoms with Crippen LogP contribution in [0.2, 0.25) is 0 Å². The predicted octanol–water partition coefficient (Wildman–Crippen LogP) is 3.68. The molecule has 3 rings (SSSR count). The highest BCUT2D eigenvalue weighted by Gasteiger charge is 2.22. The summed E-state index contributed by atoms with van der Waals surface area (Å²) in [5, 5.41) is 14.2. The third-order valence-corrected chi connectivity index (χ3v) is 5.02. The number of carboxylic acids is 1. The summed E-state index contributed by atoms with van der Waals surface area (Å²) in [6, 6.07) is 12.2. The van der Waals surface area contributed by atoms with Crippen LogP contribution in [0.5, 0.6) is 0 Å². The first-order valence-corrected chi connectivity index (χ1v) is 9.22. The van der Waals surface area contributed by atoms with Crippen molar-refractivity contribution in [2.75, 3.05) is 13.2 Å². The molecule has 0 spiro atoms. The molecular formula is C21H25NO4. The van der Waals surface area contributed by atoms with E-state index in [1.807, 2.05) is 36.4 Å². The van der Waals surface area contributed by atoms with E-state index in [9.17, 15) is 14.7 Å². The summed E-state index contributed by atoms with van der Waals surface area (Å²) in [6.07, 6.45) is 4.23. The van der Waals surface area contributed by atoms with Crippen LogP contribution < -0.4 is 5.32 Å². The zero-order chi connectivity index (χ0) is 18.4. The summed E-state index contributed by atoms with van der Waals surface area (Å²) < 4.78 is 5.34. The lowest BCUT2D eigenvalue weighted by atomic mass is 9.94. The average Bonchev–Trinajstić information content (AvgIpc) is 2.66. The van der Waals surface area contributed by atoms with Crippen LogP contribution in [0.1, 0.15) is 43.7 Å². The summed E-state index contributed by atoms with van der Waals surface area (Å²) in [5.74, 6) is -0.636. The van der Waals surface area contributed by atoms with E-state index in [-0.39, 0.29) is 5.91 Å². The highest BCUT2D eigenvalue weighted by atomic mass is 16.5. The van der Waals surface area contributed by atoms with Gasteiger partial charge in [0.25, 0.3) is 0 Å². The van der Waals surface area contributed by atoms with Gasteiger partial charge in [0.15, 0.2) is 6.04 Å². The van der Waals surface area contributed by atoms with Crippen LogP contribution in [0.3, 0.4) is 0 Å². The quantitative estimate of drug-likeness (QED) is 0.794. The summed E-state index contributed by atoms with van der Waals surface area (Å²) in [7, 11) is 0. The van der Waals surface area contributed by atoms with Crippen molar-refractivity contribution in [3.05, 3.63) is 48.0 Å². The molecule has 0 radical (unpaired) electrons. The summed E-state index contributed by atoms with van der Waals surface area (Å²) in [5.41, 5.74) is 0.592. The Labute approximate surface area is 153 Å². The van der Waals surface area contributed by atoms with Crippen molar-refractivity contribution >= 4 is 22.6 Å². The van der Waals surface area contributed by atoms with Gasteiger partial charge in [-0.3, -0.25) is 4.79 Å². The first-order valence-electron chi connectivity index (χ1n) is 9.22. The highest BCUT2D eigenvalue weighted by molar-refractivity contribution is 5.88. The van der Waals surface area contributed by atoms with Gasteiger partial charge in [0.1, 0.15) is 0 Å². The molecule has 1 amide bonds. The molecule has 1 heterocycles. The normalized spacial score (nSPS) is 16.3. The topological polar surface area (TPSA) is 75.6 Å². The van der Waals surface area contributed by atoms with E-state index in [1.165, 1.54) is 0 Å². The largest absolute Gasteiger partial charge is 0.479 e. The molecule has 26 heavy (non-hydrogen) atoms. The Hall–Kier alpha value is -2.40. The number of amides is 1. The van der Waals surface area contributed by atoms with E-state index >= 15 is 0 Å². The number of carbonyl (C=O) groups excluding carboxylic acids is 1. The Morgan fingerprint density at radius 2 is 1.85 bits per heavy atom. The van der Waals surface area contributed by atoms with E-state index in [1.54, 1.807) is 6.07 Å². The fourth-order valence-corrected chi connectivity index (χ4v) is 3.49. The minimum absolute atomic E-state index is 0.211. The van der Waals surface area contributed by atoms with Crippen LogP contribution in [0, 0.1) is 5.92 Å². The van der Waals surface area contributed by atoms with Gasteiger partial charge < -0.3 is 15.2 Å². The van der Waals surface area contributed by atoms with E-state index < -0.39 is 12.0 Å². The van der Waals surface area contributed by atoms with Crippen LogP contribution in [0.25, 0.3) is 10.8 Å². The SMILES string of the molecule is O=C(CCCC1CCOCC1)NC(C(=O)O)c1ccc2ccccc2c1. The highest BCUT2D eigenvalue weighted by Crippen LogP contribution is 2.22. The van der Waals surface area contributed by atoms with Crippen LogP contribution >= 0.6 is 0 Å². The van der Waals surface area contributed by atoms with Crippen molar-refractivity contribution in [3.8, 4) is 0 Å².